The second-order valence-corrected chi connectivity index (χ2v) is 7.38. The predicted molar refractivity (Wildman–Crippen MR) is 115 cm³/mol. The lowest BCUT2D eigenvalue weighted by atomic mass is 10.00. The van der Waals surface area contributed by atoms with Crippen molar-refractivity contribution in [2.75, 3.05) is 43.5 Å². The van der Waals surface area contributed by atoms with E-state index in [2.05, 4.69) is 59.8 Å². The van der Waals surface area contributed by atoms with Gasteiger partial charge in [-0.1, -0.05) is 24.3 Å². The van der Waals surface area contributed by atoms with Crippen molar-refractivity contribution in [2.24, 2.45) is 4.99 Å². The SMILES string of the molecule is CON1N[N+]2C(C)=NC(c3ccccc3C)=C2c2ccc(N3CCOCC3)cc21. The average Bonchev–Trinajstić information content (AvgIpc) is 3.10. The number of hydrogen-bond donors (Lipinski definition) is 1. The standard InChI is InChI=1S/C22H25N5O2/c1-15-6-4-5-7-18(15)21-22-19-9-8-17(25-10-12-29-13-11-25)14-20(19)27(28-3)24-26(22)16(2)23-21/h4-9,14,24H,10-13H2,1-3H3/q+1. The number of morpholine rings is 1. The van der Waals surface area contributed by atoms with Crippen LogP contribution in [-0.4, -0.2) is 39.2 Å². The van der Waals surface area contributed by atoms with Crippen LogP contribution in [-0.2, 0) is 9.57 Å². The number of ether oxygens (including phenoxy) is 1. The monoisotopic (exact) mass is 391 g/mol. The quantitative estimate of drug-likeness (QED) is 0.815. The fraction of sp³-hybridized carbons (Fsp3) is 0.318. The van der Waals surface area contributed by atoms with Crippen LogP contribution in [0.2, 0.25) is 0 Å². The number of nitrogens with zero attached hydrogens (tertiary/aromatic N) is 4. The third-order valence-corrected chi connectivity index (χ3v) is 5.65. The fourth-order valence-corrected chi connectivity index (χ4v) is 4.12. The van der Waals surface area contributed by atoms with Gasteiger partial charge in [0.2, 0.25) is 5.70 Å². The van der Waals surface area contributed by atoms with Crippen LogP contribution in [0.5, 0.6) is 0 Å². The fourth-order valence-electron chi connectivity index (χ4n) is 4.12. The van der Waals surface area contributed by atoms with E-state index in [1.54, 1.807) is 12.3 Å². The van der Waals surface area contributed by atoms with E-state index in [0.717, 1.165) is 66.0 Å². The van der Waals surface area contributed by atoms with E-state index in [4.69, 9.17) is 14.6 Å². The van der Waals surface area contributed by atoms with Gasteiger partial charge in [-0.15, -0.1) is 5.17 Å². The molecule has 0 amide bonds. The van der Waals surface area contributed by atoms with Crippen LogP contribution in [0, 0.1) is 6.92 Å². The van der Waals surface area contributed by atoms with Crippen molar-refractivity contribution in [3.8, 4) is 0 Å². The number of fused-ring (bicyclic) bond motifs is 3. The Balaban J connectivity index is 1.65. The van der Waals surface area contributed by atoms with Gasteiger partial charge in [0, 0.05) is 41.8 Å². The summed E-state index contributed by atoms with van der Waals surface area (Å²) in [4.78, 5) is 12.9. The number of aryl methyl sites for hydroxylation is 1. The minimum absolute atomic E-state index is 0.757. The normalized spacial score (nSPS) is 19.3. The Hall–Kier alpha value is -2.71. The Morgan fingerprint density at radius 1 is 1.07 bits per heavy atom. The number of hydrazine groups is 2. The number of aliphatic imine (C=N–C) groups is 1. The number of nitrogens with one attached hydrogen (secondary N) is 1. The molecular formula is C22H25N5O2+. The van der Waals surface area contributed by atoms with Crippen molar-refractivity contribution >= 4 is 28.6 Å². The number of anilines is 2. The highest BCUT2D eigenvalue weighted by atomic mass is 16.7. The van der Waals surface area contributed by atoms with E-state index in [0.29, 0.717) is 0 Å². The van der Waals surface area contributed by atoms with Crippen LogP contribution < -0.4 is 20.6 Å². The van der Waals surface area contributed by atoms with Gasteiger partial charge in [0.25, 0.3) is 5.84 Å². The van der Waals surface area contributed by atoms with Gasteiger partial charge in [0.05, 0.1) is 25.9 Å². The van der Waals surface area contributed by atoms with Crippen molar-refractivity contribution < 1.29 is 9.57 Å². The Morgan fingerprint density at radius 2 is 1.86 bits per heavy atom. The second-order valence-electron chi connectivity index (χ2n) is 7.38. The molecule has 1 radical (unpaired) electrons. The molecule has 7 nitrogen and oxygen atoms in total. The van der Waals surface area contributed by atoms with E-state index in [1.807, 2.05) is 11.9 Å². The summed E-state index contributed by atoms with van der Waals surface area (Å²) in [5, 5.41) is 3.69. The first kappa shape index (κ1) is 18.3. The van der Waals surface area contributed by atoms with Crippen LogP contribution in [0.1, 0.15) is 23.6 Å². The first-order valence-corrected chi connectivity index (χ1v) is 9.90. The molecule has 1 N–H and O–H groups in total. The maximum absolute atomic E-state index is 5.64. The van der Waals surface area contributed by atoms with Crippen LogP contribution in [0.4, 0.5) is 11.4 Å². The van der Waals surface area contributed by atoms with Gasteiger partial charge >= 0.3 is 0 Å². The summed E-state index contributed by atoms with van der Waals surface area (Å²) in [5.41, 5.74) is 10.9. The maximum atomic E-state index is 5.64. The molecule has 3 heterocycles. The highest BCUT2D eigenvalue weighted by Gasteiger charge is 2.46. The molecule has 3 aliphatic rings. The molecule has 0 aliphatic carbocycles. The Kier molecular flexibility index (Phi) is 4.60. The van der Waals surface area contributed by atoms with Gasteiger partial charge in [0.1, 0.15) is 11.4 Å². The maximum Gasteiger partial charge on any atom is 0.279 e. The summed E-state index contributed by atoms with van der Waals surface area (Å²) in [6, 6.07) is 14.9. The third kappa shape index (κ3) is 3.03. The summed E-state index contributed by atoms with van der Waals surface area (Å²) in [5.74, 6) is 0.878. The zero-order chi connectivity index (χ0) is 20.0. The van der Waals surface area contributed by atoms with E-state index < -0.39 is 0 Å². The molecule has 1 saturated heterocycles. The van der Waals surface area contributed by atoms with E-state index in [9.17, 15) is 0 Å². The highest BCUT2D eigenvalue weighted by Crippen LogP contribution is 2.42. The van der Waals surface area contributed by atoms with E-state index >= 15 is 0 Å². The molecule has 2 aromatic rings. The van der Waals surface area contributed by atoms with Gasteiger partial charge in [0.15, 0.2) is 0 Å². The first-order valence-electron chi connectivity index (χ1n) is 9.90. The molecule has 0 aromatic heterocycles. The van der Waals surface area contributed by atoms with E-state index in [-0.39, 0.29) is 0 Å². The van der Waals surface area contributed by atoms with Gasteiger partial charge in [-0.2, -0.15) is 4.99 Å². The topological polar surface area (TPSA) is 55.2 Å². The summed E-state index contributed by atoms with van der Waals surface area (Å²) >= 11 is 0. The lowest BCUT2D eigenvalue weighted by Gasteiger charge is -2.32. The number of hydrogen-bond acceptors (Lipinski definition) is 7. The molecule has 3 aliphatic heterocycles. The lowest BCUT2D eigenvalue weighted by molar-refractivity contribution is 0.114. The third-order valence-electron chi connectivity index (χ3n) is 5.65. The predicted octanol–water partition coefficient (Wildman–Crippen LogP) is 3.03. The van der Waals surface area contributed by atoms with Crippen LogP contribution >= 0.6 is 0 Å². The highest BCUT2D eigenvalue weighted by molar-refractivity contribution is 6.11. The molecular weight excluding hydrogens is 366 g/mol. The lowest BCUT2D eigenvalue weighted by Crippen LogP contribution is -2.56. The zero-order valence-electron chi connectivity index (χ0n) is 17.0. The molecule has 0 spiro atoms. The van der Waals surface area contributed by atoms with Crippen LogP contribution in [0.25, 0.3) is 11.4 Å². The van der Waals surface area contributed by atoms with Gasteiger partial charge in [-0.05, 0) is 30.7 Å². The van der Waals surface area contributed by atoms with Crippen molar-refractivity contribution in [1.29, 1.82) is 0 Å². The van der Waals surface area contributed by atoms with Crippen molar-refractivity contribution in [1.82, 2.24) is 10.5 Å². The van der Waals surface area contributed by atoms with Gasteiger partial charge in [-0.25, -0.2) is 0 Å². The molecule has 5 rings (SSSR count). The molecule has 29 heavy (non-hydrogen) atoms. The van der Waals surface area contributed by atoms with Crippen molar-refractivity contribution in [2.45, 2.75) is 13.8 Å². The Bertz CT molecular complexity index is 1010. The summed E-state index contributed by atoms with van der Waals surface area (Å²) in [7, 11) is 1.66. The number of amidine groups is 1. The number of rotatable bonds is 3. The van der Waals surface area contributed by atoms with Crippen molar-refractivity contribution in [3.63, 3.8) is 0 Å². The van der Waals surface area contributed by atoms with Crippen molar-refractivity contribution in [3.05, 3.63) is 59.2 Å². The largest absolute Gasteiger partial charge is 0.378 e. The molecule has 149 valence electrons. The number of benzene rings is 2. The molecule has 2 aromatic carbocycles. The minimum Gasteiger partial charge on any atom is -0.378 e. The molecule has 0 saturated carbocycles. The molecule has 7 heteroatoms. The molecule has 0 unspecified atom stereocenters. The molecule has 0 atom stereocenters. The molecule has 1 fully saturated rings. The second kappa shape index (κ2) is 7.27. The van der Waals surface area contributed by atoms with Crippen LogP contribution in [0.3, 0.4) is 0 Å². The van der Waals surface area contributed by atoms with Crippen LogP contribution in [0.15, 0.2) is 47.5 Å². The summed E-state index contributed by atoms with van der Waals surface area (Å²) < 4.78 is 5.50. The Morgan fingerprint density at radius 3 is 2.62 bits per heavy atom. The zero-order valence-corrected chi connectivity index (χ0v) is 17.0. The summed E-state index contributed by atoms with van der Waals surface area (Å²) in [6.07, 6.45) is 0. The summed E-state index contributed by atoms with van der Waals surface area (Å²) in [6.45, 7) is 7.42. The average molecular weight is 391 g/mol. The molecule has 0 bridgehead atoms. The minimum atomic E-state index is 0.757. The Labute approximate surface area is 170 Å². The first-order chi connectivity index (χ1) is 14.2. The van der Waals surface area contributed by atoms with E-state index in [1.165, 1.54) is 5.56 Å². The van der Waals surface area contributed by atoms with Gasteiger partial charge < -0.3 is 9.64 Å². The van der Waals surface area contributed by atoms with Gasteiger partial charge in [-0.3, -0.25) is 4.84 Å². The smallest absolute Gasteiger partial charge is 0.279 e.